The zero-order valence-electron chi connectivity index (χ0n) is 4.61. The molecule has 0 aromatic heterocycles. The fraction of sp³-hybridized carbons (Fsp3) is 0.143. The van der Waals surface area contributed by atoms with Gasteiger partial charge in [0, 0.05) is 3.57 Å². The van der Waals surface area contributed by atoms with Gasteiger partial charge >= 0.3 is 0 Å². The van der Waals surface area contributed by atoms with Crippen LogP contribution < -0.4 is 0 Å². The second-order valence-electron chi connectivity index (χ2n) is 1.69. The number of aryl methyl sites for hydroxylation is 1. The average molecular weight is 217 g/mol. The molecular formula is C7H6I. The van der Waals surface area contributed by atoms with Gasteiger partial charge in [-0.05, 0) is 53.3 Å². The molecule has 1 aromatic rings. The van der Waals surface area contributed by atoms with Crippen molar-refractivity contribution in [3.63, 3.8) is 0 Å². The van der Waals surface area contributed by atoms with Crippen LogP contribution in [0.5, 0.6) is 0 Å². The summed E-state index contributed by atoms with van der Waals surface area (Å²) < 4.78 is 1.24. The molecule has 1 rings (SSSR count). The van der Waals surface area contributed by atoms with E-state index in [0.29, 0.717) is 0 Å². The van der Waals surface area contributed by atoms with Crippen molar-refractivity contribution < 1.29 is 0 Å². The molecule has 1 radical (unpaired) electrons. The van der Waals surface area contributed by atoms with Gasteiger partial charge in [-0.1, -0.05) is 6.07 Å². The van der Waals surface area contributed by atoms with Crippen molar-refractivity contribution in [3.8, 4) is 0 Å². The molecule has 0 aliphatic heterocycles. The number of hydrogen-bond donors (Lipinski definition) is 0. The first-order chi connectivity index (χ1) is 3.79. The van der Waals surface area contributed by atoms with Crippen LogP contribution >= 0.6 is 22.6 Å². The van der Waals surface area contributed by atoms with Gasteiger partial charge < -0.3 is 0 Å². The van der Waals surface area contributed by atoms with Crippen molar-refractivity contribution in [1.29, 1.82) is 0 Å². The van der Waals surface area contributed by atoms with E-state index >= 15 is 0 Å². The van der Waals surface area contributed by atoms with Crippen molar-refractivity contribution in [1.82, 2.24) is 0 Å². The molecule has 0 aliphatic rings. The van der Waals surface area contributed by atoms with E-state index < -0.39 is 0 Å². The molecule has 0 saturated carbocycles. The van der Waals surface area contributed by atoms with Crippen LogP contribution in [0.4, 0.5) is 0 Å². The Morgan fingerprint density at radius 2 is 2.25 bits per heavy atom. The van der Waals surface area contributed by atoms with Gasteiger partial charge in [-0.2, -0.15) is 0 Å². The lowest BCUT2D eigenvalue weighted by atomic mass is 10.2. The maximum Gasteiger partial charge on any atom is 0.0136 e. The molecule has 1 heteroatoms. The molecule has 41 valence electrons. The largest absolute Gasteiger partial charge is 0.0577 e. The fourth-order valence-electron chi connectivity index (χ4n) is 0.484. The highest BCUT2D eigenvalue weighted by Gasteiger charge is 1.82. The minimum absolute atomic E-state index is 1.20. The van der Waals surface area contributed by atoms with Crippen molar-refractivity contribution in [2.24, 2.45) is 0 Å². The maximum atomic E-state index is 3.09. The molecule has 0 fully saturated rings. The Labute approximate surface area is 63.1 Å². The van der Waals surface area contributed by atoms with E-state index in [9.17, 15) is 0 Å². The monoisotopic (exact) mass is 217 g/mol. The first-order valence-electron chi connectivity index (χ1n) is 2.43. The van der Waals surface area contributed by atoms with E-state index in [0.717, 1.165) is 0 Å². The summed E-state index contributed by atoms with van der Waals surface area (Å²) in [4.78, 5) is 0. The third kappa shape index (κ3) is 1.47. The minimum Gasteiger partial charge on any atom is -0.0577 e. The van der Waals surface area contributed by atoms with Gasteiger partial charge in [-0.3, -0.25) is 0 Å². The third-order valence-electron chi connectivity index (χ3n) is 0.930. The molecule has 0 saturated heterocycles. The summed E-state index contributed by atoms with van der Waals surface area (Å²) in [7, 11) is 0. The van der Waals surface area contributed by atoms with Gasteiger partial charge in [0.15, 0.2) is 0 Å². The number of halogens is 1. The molecule has 0 atom stereocenters. The van der Waals surface area contributed by atoms with Crippen LogP contribution in [-0.4, -0.2) is 0 Å². The smallest absolute Gasteiger partial charge is 0.0136 e. The molecule has 0 aliphatic carbocycles. The molecule has 0 bridgehead atoms. The van der Waals surface area contributed by atoms with Crippen LogP contribution in [0.3, 0.4) is 0 Å². The number of hydrogen-bond acceptors (Lipinski definition) is 0. The summed E-state index contributed by atoms with van der Waals surface area (Å²) in [6, 6.07) is 9.21. The predicted octanol–water partition coefficient (Wildman–Crippen LogP) is 2.40. The van der Waals surface area contributed by atoms with Crippen molar-refractivity contribution in [2.75, 3.05) is 0 Å². The van der Waals surface area contributed by atoms with Gasteiger partial charge in [0.05, 0.1) is 0 Å². The minimum atomic E-state index is 1.20. The lowest BCUT2D eigenvalue weighted by Crippen LogP contribution is -1.70. The maximum absolute atomic E-state index is 3.09. The quantitative estimate of drug-likeness (QED) is 0.585. The first-order valence-corrected chi connectivity index (χ1v) is 3.51. The first kappa shape index (κ1) is 6.08. The number of benzene rings is 1. The topological polar surface area (TPSA) is 0 Å². The van der Waals surface area contributed by atoms with Crippen LogP contribution in [-0.2, 0) is 0 Å². The van der Waals surface area contributed by atoms with Gasteiger partial charge in [0.1, 0.15) is 0 Å². The Bertz CT molecular complexity index is 143. The summed E-state index contributed by atoms with van der Waals surface area (Å²) in [6.07, 6.45) is 0. The molecule has 0 unspecified atom stereocenters. The second kappa shape index (κ2) is 2.49. The Morgan fingerprint density at radius 1 is 1.50 bits per heavy atom. The Hall–Kier alpha value is -0.0500. The Morgan fingerprint density at radius 3 is 2.62 bits per heavy atom. The average Bonchev–Trinajstić information content (AvgIpc) is 1.77. The van der Waals surface area contributed by atoms with Crippen molar-refractivity contribution >= 4 is 22.6 Å². The summed E-state index contributed by atoms with van der Waals surface area (Å²) in [6.45, 7) is 2.04. The highest BCUT2D eigenvalue weighted by Crippen LogP contribution is 2.03. The van der Waals surface area contributed by atoms with E-state index in [1.165, 1.54) is 9.13 Å². The van der Waals surface area contributed by atoms with E-state index in [-0.39, 0.29) is 0 Å². The van der Waals surface area contributed by atoms with Crippen molar-refractivity contribution in [2.45, 2.75) is 6.92 Å². The highest BCUT2D eigenvalue weighted by atomic mass is 127. The molecule has 0 amide bonds. The lowest BCUT2D eigenvalue weighted by molar-refractivity contribution is 1.44. The van der Waals surface area contributed by atoms with Crippen LogP contribution in [0.2, 0.25) is 0 Å². The van der Waals surface area contributed by atoms with Gasteiger partial charge in [0.2, 0.25) is 0 Å². The molecule has 0 N–H and O–H groups in total. The zero-order valence-corrected chi connectivity index (χ0v) is 6.77. The van der Waals surface area contributed by atoms with Crippen LogP contribution in [0, 0.1) is 16.6 Å². The van der Waals surface area contributed by atoms with Crippen LogP contribution in [0.25, 0.3) is 0 Å². The van der Waals surface area contributed by atoms with Gasteiger partial charge in [-0.25, -0.2) is 0 Å². The van der Waals surface area contributed by atoms with E-state index in [2.05, 4.69) is 40.8 Å². The van der Waals surface area contributed by atoms with Crippen LogP contribution in [0.15, 0.2) is 18.2 Å². The normalized spacial score (nSPS) is 9.25. The highest BCUT2D eigenvalue weighted by molar-refractivity contribution is 14.1. The number of rotatable bonds is 0. The molecule has 0 nitrogen and oxygen atoms in total. The van der Waals surface area contributed by atoms with Crippen LogP contribution in [0.1, 0.15) is 5.56 Å². The summed E-state index contributed by atoms with van der Waals surface area (Å²) in [5.74, 6) is 0. The third-order valence-corrected chi connectivity index (χ3v) is 1.60. The summed E-state index contributed by atoms with van der Waals surface area (Å²) >= 11 is 2.27. The second-order valence-corrected chi connectivity index (χ2v) is 2.94. The SMILES string of the molecule is Cc1[c]cc(I)cc1. The standard InChI is InChI=1S/C7H6I/c1-6-2-4-7(8)5-3-6/h2,4-5H,1H3. The lowest BCUT2D eigenvalue weighted by Gasteiger charge is -1.87. The molecule has 0 heterocycles. The molecular weight excluding hydrogens is 211 g/mol. The fourth-order valence-corrected chi connectivity index (χ4v) is 0.819. The molecule has 8 heavy (non-hydrogen) atoms. The van der Waals surface area contributed by atoms with E-state index in [4.69, 9.17) is 0 Å². The van der Waals surface area contributed by atoms with Gasteiger partial charge in [0.25, 0.3) is 0 Å². The van der Waals surface area contributed by atoms with E-state index in [1.54, 1.807) is 0 Å². The summed E-state index contributed by atoms with van der Waals surface area (Å²) in [5.41, 5.74) is 1.20. The predicted molar refractivity (Wildman–Crippen MR) is 42.7 cm³/mol. The Kier molecular flexibility index (Phi) is 1.89. The summed E-state index contributed by atoms with van der Waals surface area (Å²) in [5, 5.41) is 0. The van der Waals surface area contributed by atoms with Crippen molar-refractivity contribution in [3.05, 3.63) is 33.4 Å². The zero-order chi connectivity index (χ0) is 5.98. The molecule has 1 aromatic carbocycles. The van der Waals surface area contributed by atoms with Gasteiger partial charge in [-0.15, -0.1) is 0 Å². The Balaban J connectivity index is 3.03. The molecule has 0 spiro atoms. The van der Waals surface area contributed by atoms with E-state index in [1.807, 2.05) is 13.0 Å².